The second-order valence-electron chi connectivity index (χ2n) is 5.63. The number of nitrogens with one attached hydrogen (secondary N) is 1. The molecule has 0 spiro atoms. The Bertz CT molecular complexity index is 668. The van der Waals surface area contributed by atoms with E-state index in [2.05, 4.69) is 44.3 Å². The highest BCUT2D eigenvalue weighted by atomic mass is 35.5. The van der Waals surface area contributed by atoms with Gasteiger partial charge in [0.15, 0.2) is 6.61 Å². The van der Waals surface area contributed by atoms with E-state index in [4.69, 9.17) is 16.3 Å². The number of carbonyl (C=O) groups excluding carboxylic acids is 1. The molecule has 0 aliphatic heterocycles. The van der Waals surface area contributed by atoms with E-state index < -0.39 is 0 Å². The minimum absolute atomic E-state index is 0.00285. The standard InChI is InChI=1S/C19H22ClNO2/c1-4-18(17-10-5-13(2)11-14(17)3)21-19(22)12-23-16-8-6-15(20)7-9-16/h5-11,18H,4,12H2,1-3H3,(H,21,22)/t18-/m0/s1. The predicted molar refractivity (Wildman–Crippen MR) is 94.0 cm³/mol. The molecule has 0 aromatic heterocycles. The van der Waals surface area contributed by atoms with Crippen LogP contribution in [0.1, 0.15) is 36.1 Å². The molecule has 0 fully saturated rings. The van der Waals surface area contributed by atoms with Crippen molar-refractivity contribution in [1.29, 1.82) is 0 Å². The molecule has 2 rings (SSSR count). The van der Waals surface area contributed by atoms with E-state index in [0.717, 1.165) is 12.0 Å². The number of benzene rings is 2. The second-order valence-corrected chi connectivity index (χ2v) is 6.07. The molecule has 0 radical (unpaired) electrons. The van der Waals surface area contributed by atoms with Gasteiger partial charge in [0.05, 0.1) is 6.04 Å². The van der Waals surface area contributed by atoms with E-state index in [1.54, 1.807) is 24.3 Å². The fourth-order valence-electron chi connectivity index (χ4n) is 2.53. The van der Waals surface area contributed by atoms with Crippen molar-refractivity contribution in [3.05, 3.63) is 64.2 Å². The summed E-state index contributed by atoms with van der Waals surface area (Å²) in [5.41, 5.74) is 3.56. The Hall–Kier alpha value is -2.00. The normalized spacial score (nSPS) is 11.8. The Morgan fingerprint density at radius 3 is 2.48 bits per heavy atom. The van der Waals surface area contributed by atoms with Crippen molar-refractivity contribution in [2.75, 3.05) is 6.61 Å². The molecule has 122 valence electrons. The molecule has 0 heterocycles. The lowest BCUT2D eigenvalue weighted by Gasteiger charge is -2.20. The first-order chi connectivity index (χ1) is 11.0. The van der Waals surface area contributed by atoms with Crippen LogP contribution in [0.2, 0.25) is 5.02 Å². The van der Waals surface area contributed by atoms with Gasteiger partial charge >= 0.3 is 0 Å². The molecule has 2 aromatic carbocycles. The zero-order valence-electron chi connectivity index (χ0n) is 13.7. The smallest absolute Gasteiger partial charge is 0.258 e. The SMILES string of the molecule is CC[C@H](NC(=O)COc1ccc(Cl)cc1)c1ccc(C)cc1C. The summed E-state index contributed by atoms with van der Waals surface area (Å²) in [4.78, 5) is 12.1. The van der Waals surface area contributed by atoms with Crippen LogP contribution in [0.3, 0.4) is 0 Å². The second kappa shape index (κ2) is 8.02. The van der Waals surface area contributed by atoms with Crippen LogP contribution in [0.25, 0.3) is 0 Å². The molecular weight excluding hydrogens is 310 g/mol. The number of halogens is 1. The maximum Gasteiger partial charge on any atom is 0.258 e. The lowest BCUT2D eigenvalue weighted by molar-refractivity contribution is -0.123. The molecule has 0 unspecified atom stereocenters. The first-order valence-corrected chi connectivity index (χ1v) is 8.12. The summed E-state index contributed by atoms with van der Waals surface area (Å²) < 4.78 is 5.48. The maximum atomic E-state index is 12.1. The molecule has 3 nitrogen and oxygen atoms in total. The highest BCUT2D eigenvalue weighted by Crippen LogP contribution is 2.22. The van der Waals surface area contributed by atoms with E-state index in [0.29, 0.717) is 10.8 Å². The molecule has 0 aliphatic rings. The zero-order valence-corrected chi connectivity index (χ0v) is 14.5. The lowest BCUT2D eigenvalue weighted by atomic mass is 9.97. The molecule has 4 heteroatoms. The summed E-state index contributed by atoms with van der Waals surface area (Å²) in [6.45, 7) is 6.19. The van der Waals surface area contributed by atoms with Crippen LogP contribution in [0.5, 0.6) is 5.75 Å². The Morgan fingerprint density at radius 2 is 1.87 bits per heavy atom. The van der Waals surface area contributed by atoms with Crippen LogP contribution in [0.4, 0.5) is 0 Å². The van der Waals surface area contributed by atoms with Gasteiger partial charge in [-0.3, -0.25) is 4.79 Å². The first-order valence-electron chi connectivity index (χ1n) is 7.74. The molecule has 23 heavy (non-hydrogen) atoms. The van der Waals surface area contributed by atoms with Crippen LogP contribution in [0.15, 0.2) is 42.5 Å². The number of hydrogen-bond acceptors (Lipinski definition) is 2. The van der Waals surface area contributed by atoms with Gasteiger partial charge in [-0.25, -0.2) is 0 Å². The quantitative estimate of drug-likeness (QED) is 0.839. The third-order valence-corrected chi connectivity index (χ3v) is 3.98. The fourth-order valence-corrected chi connectivity index (χ4v) is 2.66. The highest BCUT2D eigenvalue weighted by Gasteiger charge is 2.15. The van der Waals surface area contributed by atoms with Crippen LogP contribution >= 0.6 is 11.6 Å². The summed E-state index contributed by atoms with van der Waals surface area (Å²) in [6, 6.07) is 13.2. The Morgan fingerprint density at radius 1 is 1.17 bits per heavy atom. The minimum Gasteiger partial charge on any atom is -0.484 e. The van der Waals surface area contributed by atoms with Crippen molar-refractivity contribution in [1.82, 2.24) is 5.32 Å². The minimum atomic E-state index is -0.133. The Balaban J connectivity index is 1.95. The fraction of sp³-hybridized carbons (Fsp3) is 0.316. The monoisotopic (exact) mass is 331 g/mol. The van der Waals surface area contributed by atoms with E-state index in [9.17, 15) is 4.79 Å². The predicted octanol–water partition coefficient (Wildman–Crippen LogP) is 4.60. The number of amides is 1. The molecule has 1 N–H and O–H groups in total. The van der Waals surface area contributed by atoms with Crippen LogP contribution in [-0.2, 0) is 4.79 Å². The van der Waals surface area contributed by atoms with Gasteiger partial charge in [0, 0.05) is 5.02 Å². The Kier molecular flexibility index (Phi) is 6.05. The van der Waals surface area contributed by atoms with Crippen molar-refractivity contribution < 1.29 is 9.53 Å². The number of rotatable bonds is 6. The van der Waals surface area contributed by atoms with E-state index in [-0.39, 0.29) is 18.6 Å². The van der Waals surface area contributed by atoms with Gasteiger partial charge in [-0.05, 0) is 55.7 Å². The summed E-state index contributed by atoms with van der Waals surface area (Å²) in [5.74, 6) is 0.496. The lowest BCUT2D eigenvalue weighted by Crippen LogP contribution is -2.32. The van der Waals surface area contributed by atoms with Crippen molar-refractivity contribution in [3.63, 3.8) is 0 Å². The van der Waals surface area contributed by atoms with Gasteiger partial charge in [-0.15, -0.1) is 0 Å². The number of aryl methyl sites for hydroxylation is 2. The van der Waals surface area contributed by atoms with Gasteiger partial charge < -0.3 is 10.1 Å². The highest BCUT2D eigenvalue weighted by molar-refractivity contribution is 6.30. The average Bonchev–Trinajstić information content (AvgIpc) is 2.52. The summed E-state index contributed by atoms with van der Waals surface area (Å²) in [6.07, 6.45) is 0.830. The van der Waals surface area contributed by atoms with Crippen LogP contribution in [0, 0.1) is 13.8 Å². The largest absolute Gasteiger partial charge is 0.484 e. The molecule has 2 aromatic rings. The third kappa shape index (κ3) is 5.00. The van der Waals surface area contributed by atoms with E-state index in [1.807, 2.05) is 0 Å². The van der Waals surface area contributed by atoms with Crippen molar-refractivity contribution in [2.45, 2.75) is 33.2 Å². The van der Waals surface area contributed by atoms with Gasteiger partial charge in [-0.2, -0.15) is 0 Å². The molecule has 1 amide bonds. The van der Waals surface area contributed by atoms with Gasteiger partial charge in [0.1, 0.15) is 5.75 Å². The molecule has 0 saturated heterocycles. The number of carbonyl (C=O) groups is 1. The van der Waals surface area contributed by atoms with Gasteiger partial charge in [-0.1, -0.05) is 42.3 Å². The molecule has 0 aliphatic carbocycles. The number of hydrogen-bond donors (Lipinski definition) is 1. The van der Waals surface area contributed by atoms with Crippen molar-refractivity contribution in [2.24, 2.45) is 0 Å². The topological polar surface area (TPSA) is 38.3 Å². The maximum absolute atomic E-state index is 12.1. The van der Waals surface area contributed by atoms with Crippen LogP contribution < -0.4 is 10.1 Å². The summed E-state index contributed by atoms with van der Waals surface area (Å²) >= 11 is 5.82. The van der Waals surface area contributed by atoms with Gasteiger partial charge in [0.2, 0.25) is 0 Å². The molecular formula is C19H22ClNO2. The van der Waals surface area contributed by atoms with E-state index in [1.165, 1.54) is 11.1 Å². The summed E-state index contributed by atoms with van der Waals surface area (Å²) in [7, 11) is 0. The Labute approximate surface area is 142 Å². The van der Waals surface area contributed by atoms with Gasteiger partial charge in [0.25, 0.3) is 5.91 Å². The zero-order chi connectivity index (χ0) is 16.8. The average molecular weight is 332 g/mol. The van der Waals surface area contributed by atoms with E-state index >= 15 is 0 Å². The molecule has 0 bridgehead atoms. The molecule has 0 saturated carbocycles. The van der Waals surface area contributed by atoms with Crippen LogP contribution in [-0.4, -0.2) is 12.5 Å². The van der Waals surface area contributed by atoms with Crippen molar-refractivity contribution >= 4 is 17.5 Å². The van der Waals surface area contributed by atoms with Crippen molar-refractivity contribution in [3.8, 4) is 5.75 Å². The molecule has 1 atom stereocenters. The number of ether oxygens (including phenoxy) is 1. The first kappa shape index (κ1) is 17.4. The summed E-state index contributed by atoms with van der Waals surface area (Å²) in [5, 5.41) is 3.68. The third-order valence-electron chi connectivity index (χ3n) is 3.73.